The van der Waals surface area contributed by atoms with Gasteiger partial charge in [0.15, 0.2) is 0 Å². The summed E-state index contributed by atoms with van der Waals surface area (Å²) >= 11 is 5.86. The van der Waals surface area contributed by atoms with Gasteiger partial charge in [-0.1, -0.05) is 23.7 Å². The molecule has 1 saturated carbocycles. The second-order valence-electron chi connectivity index (χ2n) is 6.93. The number of benzene rings is 1. The van der Waals surface area contributed by atoms with Gasteiger partial charge in [-0.05, 0) is 56.2 Å². The van der Waals surface area contributed by atoms with Crippen LogP contribution in [0.3, 0.4) is 0 Å². The van der Waals surface area contributed by atoms with Crippen LogP contribution in [0.2, 0.25) is 5.02 Å². The van der Waals surface area contributed by atoms with Crippen molar-refractivity contribution in [1.29, 1.82) is 0 Å². The summed E-state index contributed by atoms with van der Waals surface area (Å²) in [5.41, 5.74) is 1.05. The Labute approximate surface area is 148 Å². The molecule has 2 fully saturated rings. The standard InChI is InChI=1S/C19H25ClN2O2/c20-17-9-3-14(4-10-17)13-21-18(23)15-5-7-16(8-6-15)19(24)22-11-1-2-12-22/h3-4,9-10,15-16H,1-2,5-8,11-13H2,(H,21,23). The lowest BCUT2D eigenvalue weighted by Gasteiger charge is -2.29. The summed E-state index contributed by atoms with van der Waals surface area (Å²) in [5.74, 6) is 0.591. The molecular formula is C19H25ClN2O2. The van der Waals surface area contributed by atoms with Crippen LogP contribution < -0.4 is 5.32 Å². The highest BCUT2D eigenvalue weighted by Crippen LogP contribution is 2.31. The van der Waals surface area contributed by atoms with E-state index < -0.39 is 0 Å². The molecule has 24 heavy (non-hydrogen) atoms. The normalized spacial score (nSPS) is 24.0. The van der Waals surface area contributed by atoms with Crippen molar-refractivity contribution in [3.05, 3.63) is 34.9 Å². The molecule has 0 unspecified atom stereocenters. The fraction of sp³-hybridized carbons (Fsp3) is 0.579. The van der Waals surface area contributed by atoms with E-state index in [2.05, 4.69) is 5.32 Å². The predicted molar refractivity (Wildman–Crippen MR) is 94.6 cm³/mol. The summed E-state index contributed by atoms with van der Waals surface area (Å²) in [6.07, 6.45) is 5.58. The third-order valence-electron chi connectivity index (χ3n) is 5.24. The topological polar surface area (TPSA) is 49.4 Å². The highest BCUT2D eigenvalue weighted by Gasteiger charge is 2.32. The van der Waals surface area contributed by atoms with Gasteiger partial charge in [0.25, 0.3) is 0 Å². The van der Waals surface area contributed by atoms with E-state index in [1.165, 1.54) is 0 Å². The third-order valence-corrected chi connectivity index (χ3v) is 5.50. The molecule has 0 bridgehead atoms. The summed E-state index contributed by atoms with van der Waals surface area (Å²) in [4.78, 5) is 26.8. The Morgan fingerprint density at radius 3 is 2.21 bits per heavy atom. The van der Waals surface area contributed by atoms with Gasteiger partial charge in [-0.2, -0.15) is 0 Å². The second kappa shape index (κ2) is 8.02. The molecule has 0 atom stereocenters. The van der Waals surface area contributed by atoms with Gasteiger partial charge in [0, 0.05) is 36.5 Å². The maximum atomic E-state index is 12.4. The molecule has 1 aliphatic heterocycles. The van der Waals surface area contributed by atoms with E-state index in [4.69, 9.17) is 11.6 Å². The van der Waals surface area contributed by atoms with Gasteiger partial charge < -0.3 is 10.2 Å². The maximum Gasteiger partial charge on any atom is 0.225 e. The van der Waals surface area contributed by atoms with E-state index in [9.17, 15) is 9.59 Å². The van der Waals surface area contributed by atoms with Crippen LogP contribution in [0, 0.1) is 11.8 Å². The van der Waals surface area contributed by atoms with Crippen LogP contribution in [0.1, 0.15) is 44.1 Å². The van der Waals surface area contributed by atoms with Crippen molar-refractivity contribution in [1.82, 2.24) is 10.2 Å². The highest BCUT2D eigenvalue weighted by molar-refractivity contribution is 6.30. The van der Waals surface area contributed by atoms with E-state index >= 15 is 0 Å². The first kappa shape index (κ1) is 17.3. The van der Waals surface area contributed by atoms with Crippen LogP contribution in [0.25, 0.3) is 0 Å². The average molecular weight is 349 g/mol. The number of amides is 2. The van der Waals surface area contributed by atoms with Gasteiger partial charge in [0.1, 0.15) is 0 Å². The summed E-state index contributed by atoms with van der Waals surface area (Å²) in [6.45, 7) is 2.36. The largest absolute Gasteiger partial charge is 0.352 e. The summed E-state index contributed by atoms with van der Waals surface area (Å²) in [5, 5.41) is 3.71. The van der Waals surface area contributed by atoms with Crippen molar-refractivity contribution in [2.24, 2.45) is 11.8 Å². The van der Waals surface area contributed by atoms with Crippen LogP contribution in [0.5, 0.6) is 0 Å². The Balaban J connectivity index is 1.43. The number of halogens is 1. The number of carbonyl (C=O) groups is 2. The fourth-order valence-corrected chi connectivity index (χ4v) is 3.86. The van der Waals surface area contributed by atoms with E-state index in [1.807, 2.05) is 29.2 Å². The summed E-state index contributed by atoms with van der Waals surface area (Å²) in [6, 6.07) is 7.51. The van der Waals surface area contributed by atoms with E-state index in [1.54, 1.807) is 0 Å². The zero-order valence-corrected chi connectivity index (χ0v) is 14.7. The van der Waals surface area contributed by atoms with E-state index in [0.29, 0.717) is 17.5 Å². The van der Waals surface area contributed by atoms with E-state index in [-0.39, 0.29) is 17.7 Å². The molecule has 3 rings (SSSR count). The van der Waals surface area contributed by atoms with Crippen molar-refractivity contribution in [2.75, 3.05) is 13.1 Å². The second-order valence-corrected chi connectivity index (χ2v) is 7.36. The maximum absolute atomic E-state index is 12.4. The van der Waals surface area contributed by atoms with Crippen LogP contribution in [-0.4, -0.2) is 29.8 Å². The summed E-state index contributed by atoms with van der Waals surface area (Å²) in [7, 11) is 0. The molecule has 1 heterocycles. The number of likely N-dealkylation sites (tertiary alicyclic amines) is 1. The van der Waals surface area contributed by atoms with Gasteiger partial charge in [-0.25, -0.2) is 0 Å². The Hall–Kier alpha value is -1.55. The molecular weight excluding hydrogens is 324 g/mol. The van der Waals surface area contributed by atoms with Crippen molar-refractivity contribution in [3.63, 3.8) is 0 Å². The number of hydrogen-bond acceptors (Lipinski definition) is 2. The Kier molecular flexibility index (Phi) is 5.77. The molecule has 1 aromatic rings. The minimum absolute atomic E-state index is 0.0416. The Morgan fingerprint density at radius 2 is 1.58 bits per heavy atom. The first-order valence-electron chi connectivity index (χ1n) is 8.94. The number of carbonyl (C=O) groups excluding carboxylic acids is 2. The van der Waals surface area contributed by atoms with Crippen LogP contribution >= 0.6 is 11.6 Å². The van der Waals surface area contributed by atoms with Crippen molar-refractivity contribution >= 4 is 23.4 Å². The van der Waals surface area contributed by atoms with Crippen molar-refractivity contribution in [3.8, 4) is 0 Å². The molecule has 4 nitrogen and oxygen atoms in total. The Bertz CT molecular complexity index is 574. The monoisotopic (exact) mass is 348 g/mol. The number of nitrogens with zero attached hydrogens (tertiary/aromatic N) is 1. The molecule has 5 heteroatoms. The molecule has 0 spiro atoms. The molecule has 1 aromatic carbocycles. The zero-order valence-electron chi connectivity index (χ0n) is 14.0. The van der Waals surface area contributed by atoms with Crippen LogP contribution in [-0.2, 0) is 16.1 Å². The van der Waals surface area contributed by atoms with Crippen molar-refractivity contribution in [2.45, 2.75) is 45.1 Å². The molecule has 0 aromatic heterocycles. The van der Waals surface area contributed by atoms with Gasteiger partial charge in [-0.3, -0.25) is 9.59 Å². The lowest BCUT2D eigenvalue weighted by atomic mass is 9.81. The first-order valence-corrected chi connectivity index (χ1v) is 9.32. The predicted octanol–water partition coefficient (Wildman–Crippen LogP) is 3.39. The van der Waals surface area contributed by atoms with Gasteiger partial charge in [-0.15, -0.1) is 0 Å². The van der Waals surface area contributed by atoms with Gasteiger partial charge >= 0.3 is 0 Å². The molecule has 1 saturated heterocycles. The first-order chi connectivity index (χ1) is 11.6. The number of nitrogens with one attached hydrogen (secondary N) is 1. The Morgan fingerprint density at radius 1 is 1.00 bits per heavy atom. The lowest BCUT2D eigenvalue weighted by molar-refractivity contribution is -0.137. The third kappa shape index (κ3) is 4.29. The van der Waals surface area contributed by atoms with Crippen LogP contribution in [0.4, 0.5) is 0 Å². The molecule has 0 radical (unpaired) electrons. The summed E-state index contributed by atoms with van der Waals surface area (Å²) < 4.78 is 0. The SMILES string of the molecule is O=C(NCc1ccc(Cl)cc1)C1CCC(C(=O)N2CCCC2)CC1. The molecule has 2 aliphatic rings. The smallest absolute Gasteiger partial charge is 0.225 e. The minimum Gasteiger partial charge on any atom is -0.352 e. The average Bonchev–Trinajstić information content (AvgIpc) is 3.15. The zero-order chi connectivity index (χ0) is 16.9. The van der Waals surface area contributed by atoms with Gasteiger partial charge in [0.05, 0.1) is 0 Å². The van der Waals surface area contributed by atoms with Gasteiger partial charge in [0.2, 0.25) is 11.8 Å². The fourth-order valence-electron chi connectivity index (χ4n) is 3.73. The number of hydrogen-bond donors (Lipinski definition) is 1. The number of rotatable bonds is 4. The minimum atomic E-state index is 0.0416. The quantitative estimate of drug-likeness (QED) is 0.906. The van der Waals surface area contributed by atoms with Crippen LogP contribution in [0.15, 0.2) is 24.3 Å². The van der Waals surface area contributed by atoms with Crippen molar-refractivity contribution < 1.29 is 9.59 Å². The molecule has 1 N–H and O–H groups in total. The van der Waals surface area contributed by atoms with E-state index in [0.717, 1.165) is 57.2 Å². The molecule has 2 amide bonds. The highest BCUT2D eigenvalue weighted by atomic mass is 35.5. The lowest BCUT2D eigenvalue weighted by Crippen LogP contribution is -2.38. The molecule has 1 aliphatic carbocycles. The molecule has 130 valence electrons.